The molecule has 4 aromatic heterocycles. The molecule has 262 valence electrons. The van der Waals surface area contributed by atoms with Crippen molar-refractivity contribution >= 4 is 22.1 Å². The highest BCUT2D eigenvalue weighted by atomic mass is 15.6. The third kappa shape index (κ3) is 5.63. The maximum atomic E-state index is 5.18. The molecule has 54 heavy (non-hydrogen) atoms. The van der Waals surface area contributed by atoms with Gasteiger partial charge in [0, 0.05) is 28.6 Å². The van der Waals surface area contributed by atoms with Crippen LogP contribution in [0.1, 0.15) is 46.3 Å². The summed E-state index contributed by atoms with van der Waals surface area (Å²) < 4.78 is 2.25. The van der Waals surface area contributed by atoms with Crippen molar-refractivity contribution in [1.82, 2.24) is 39.7 Å². The maximum absolute atomic E-state index is 5.18. The largest absolute Gasteiger partial charge is 0.308 e. The lowest BCUT2D eigenvalue weighted by molar-refractivity contribution is 0.396. The molecule has 9 rings (SSSR count). The van der Waals surface area contributed by atoms with Crippen LogP contribution in [0.25, 0.3) is 44.7 Å². The van der Waals surface area contributed by atoms with Crippen LogP contribution in [0.2, 0.25) is 0 Å². The molecule has 0 unspecified atom stereocenters. The summed E-state index contributed by atoms with van der Waals surface area (Å²) in [7, 11) is 0. The lowest BCUT2D eigenvalue weighted by Crippen LogP contribution is -2.39. The van der Waals surface area contributed by atoms with Crippen molar-refractivity contribution in [2.75, 3.05) is 0 Å². The quantitative estimate of drug-likeness (QED) is 0.139. The van der Waals surface area contributed by atoms with Gasteiger partial charge in [0.05, 0.1) is 17.8 Å². The second-order valence-corrected chi connectivity index (χ2v) is 13.7. The summed E-state index contributed by atoms with van der Waals surface area (Å²) in [4.78, 5) is 16.7. The van der Waals surface area contributed by atoms with E-state index in [2.05, 4.69) is 134 Å². The summed E-state index contributed by atoms with van der Waals surface area (Å²) in [6.45, 7) is 6.98. The van der Waals surface area contributed by atoms with Gasteiger partial charge in [0.15, 0.2) is 11.2 Å². The Morgan fingerprint density at radius 1 is 0.611 bits per heavy atom. The van der Waals surface area contributed by atoms with E-state index in [4.69, 9.17) is 30.4 Å². The fraction of sp³-hybridized carbons (Fsp3) is 0.130. The van der Waals surface area contributed by atoms with Crippen molar-refractivity contribution in [1.29, 1.82) is 0 Å². The predicted octanol–water partition coefficient (Wildman–Crippen LogP) is 9.37. The normalized spacial score (nSPS) is 11.8. The zero-order valence-corrected chi connectivity index (χ0v) is 30.4. The van der Waals surface area contributed by atoms with Gasteiger partial charge >= 0.3 is 0 Å². The number of fused-ring (bicyclic) bond motifs is 2. The minimum absolute atomic E-state index is 0.522. The van der Waals surface area contributed by atoms with E-state index in [0.717, 1.165) is 79.1 Å². The van der Waals surface area contributed by atoms with Crippen molar-refractivity contribution in [3.63, 3.8) is 0 Å². The van der Waals surface area contributed by atoms with Gasteiger partial charge in [0.25, 0.3) is 0 Å². The Kier molecular flexibility index (Phi) is 8.35. The average Bonchev–Trinajstić information content (AvgIpc) is 3.85. The number of pyridine rings is 2. The van der Waals surface area contributed by atoms with Crippen LogP contribution in [0.3, 0.4) is 0 Å². The number of aromatic nitrogens is 8. The zero-order chi connectivity index (χ0) is 36.6. The monoisotopic (exact) mass is 702 g/mol. The molecule has 0 saturated carbocycles. The van der Waals surface area contributed by atoms with Crippen LogP contribution in [0.5, 0.6) is 0 Å². The molecule has 0 aliphatic rings. The SMILES string of the molecule is CCc1nc2c(C)cc(C)nc2n1Cc1ccc2nc(-c3ccccc3-c3nnn(C(c4ccccc4)(c4ccccc4)c4ccccc4)n3)ccc2c1. The second kappa shape index (κ2) is 13.6. The van der Waals surface area contributed by atoms with E-state index in [-0.39, 0.29) is 0 Å². The highest BCUT2D eigenvalue weighted by molar-refractivity contribution is 5.86. The molecule has 4 heterocycles. The molecule has 0 bridgehead atoms. The summed E-state index contributed by atoms with van der Waals surface area (Å²) in [5.41, 5.74) is 11.0. The molecule has 9 aromatic rings. The molecule has 0 N–H and O–H groups in total. The van der Waals surface area contributed by atoms with Crippen LogP contribution in [0.15, 0.2) is 152 Å². The van der Waals surface area contributed by atoms with E-state index in [0.29, 0.717) is 12.4 Å². The molecule has 8 heteroatoms. The van der Waals surface area contributed by atoms with Crippen LogP contribution in [-0.2, 0) is 18.5 Å². The van der Waals surface area contributed by atoms with Gasteiger partial charge < -0.3 is 4.57 Å². The first kappa shape index (κ1) is 33.1. The minimum Gasteiger partial charge on any atom is -0.308 e. The first-order valence-corrected chi connectivity index (χ1v) is 18.3. The summed E-state index contributed by atoms with van der Waals surface area (Å²) in [5.74, 6) is 1.56. The number of hydrogen-bond donors (Lipinski definition) is 0. The van der Waals surface area contributed by atoms with Crippen LogP contribution in [-0.4, -0.2) is 39.7 Å². The number of nitrogens with zero attached hydrogens (tertiary/aromatic N) is 8. The van der Waals surface area contributed by atoms with Crippen molar-refractivity contribution in [2.24, 2.45) is 0 Å². The molecular weight excluding hydrogens is 665 g/mol. The lowest BCUT2D eigenvalue weighted by Gasteiger charge is -2.34. The zero-order valence-electron chi connectivity index (χ0n) is 30.4. The number of hydrogen-bond acceptors (Lipinski definition) is 6. The maximum Gasteiger partial charge on any atom is 0.205 e. The fourth-order valence-corrected chi connectivity index (χ4v) is 7.74. The van der Waals surface area contributed by atoms with E-state index in [1.54, 1.807) is 4.80 Å². The summed E-state index contributed by atoms with van der Waals surface area (Å²) in [5, 5.41) is 15.8. The number of rotatable bonds is 9. The van der Waals surface area contributed by atoms with Crippen LogP contribution in [0, 0.1) is 13.8 Å². The second-order valence-electron chi connectivity index (χ2n) is 13.7. The van der Waals surface area contributed by atoms with Gasteiger partial charge in [0.1, 0.15) is 11.3 Å². The Hall–Kier alpha value is -6.80. The van der Waals surface area contributed by atoms with E-state index in [9.17, 15) is 0 Å². The molecule has 0 spiro atoms. The van der Waals surface area contributed by atoms with Crippen molar-refractivity contribution in [3.8, 4) is 22.6 Å². The fourth-order valence-electron chi connectivity index (χ4n) is 7.74. The molecule has 0 aliphatic heterocycles. The van der Waals surface area contributed by atoms with Gasteiger partial charge in [-0.25, -0.2) is 15.0 Å². The third-order valence-electron chi connectivity index (χ3n) is 10.2. The van der Waals surface area contributed by atoms with E-state index in [1.165, 1.54) is 5.56 Å². The van der Waals surface area contributed by atoms with Gasteiger partial charge in [0.2, 0.25) is 5.82 Å². The molecule has 0 saturated heterocycles. The van der Waals surface area contributed by atoms with Gasteiger partial charge in [-0.1, -0.05) is 134 Å². The van der Waals surface area contributed by atoms with Crippen LogP contribution < -0.4 is 0 Å². The van der Waals surface area contributed by atoms with Gasteiger partial charge in [-0.3, -0.25) is 0 Å². The highest BCUT2D eigenvalue weighted by Gasteiger charge is 2.41. The molecule has 5 aromatic carbocycles. The first-order valence-electron chi connectivity index (χ1n) is 18.3. The molecule has 0 aliphatic carbocycles. The Balaban J connectivity index is 1.10. The lowest BCUT2D eigenvalue weighted by atomic mass is 9.77. The number of benzene rings is 5. The number of imidazole rings is 1. The van der Waals surface area contributed by atoms with E-state index < -0.39 is 5.54 Å². The van der Waals surface area contributed by atoms with Gasteiger partial charge in [-0.2, -0.15) is 0 Å². The standard InChI is InChI=1S/C46H38N8/c1-4-42-49-43-31(2)28-32(3)47-45(43)53(42)30-33-24-26-40-34(29-33)25-27-41(48-40)38-22-14-15-23-39(38)44-50-52-54(51-44)46(35-16-8-5-9-17-35,36-18-10-6-11-19-36)37-20-12-7-13-21-37/h5-29H,4,30H2,1-3H3. The van der Waals surface area contributed by atoms with Gasteiger partial charge in [-0.05, 0) is 71.1 Å². The summed E-state index contributed by atoms with van der Waals surface area (Å²) in [6, 6.07) is 52.1. The third-order valence-corrected chi connectivity index (χ3v) is 10.2. The molecule has 0 atom stereocenters. The van der Waals surface area contributed by atoms with Gasteiger partial charge in [-0.15, -0.1) is 15.0 Å². The number of tetrazole rings is 1. The Labute approximate surface area is 313 Å². The van der Waals surface area contributed by atoms with Crippen LogP contribution in [0.4, 0.5) is 0 Å². The highest BCUT2D eigenvalue weighted by Crippen LogP contribution is 2.40. The van der Waals surface area contributed by atoms with Crippen molar-refractivity contribution < 1.29 is 0 Å². The Bertz CT molecular complexity index is 2660. The molecular formula is C46H38N8. The average molecular weight is 703 g/mol. The Morgan fingerprint density at radius 3 is 1.89 bits per heavy atom. The molecule has 0 amide bonds. The van der Waals surface area contributed by atoms with Crippen LogP contribution >= 0.6 is 0 Å². The first-order chi connectivity index (χ1) is 26.5. The summed E-state index contributed by atoms with van der Waals surface area (Å²) in [6.07, 6.45) is 0.834. The van der Waals surface area contributed by atoms with Crippen molar-refractivity contribution in [3.05, 3.63) is 191 Å². The van der Waals surface area contributed by atoms with Crippen molar-refractivity contribution in [2.45, 2.75) is 39.3 Å². The molecule has 8 nitrogen and oxygen atoms in total. The summed E-state index contributed by atoms with van der Waals surface area (Å²) >= 11 is 0. The smallest absolute Gasteiger partial charge is 0.205 e. The predicted molar refractivity (Wildman–Crippen MR) is 214 cm³/mol. The number of aryl methyl sites for hydroxylation is 3. The Morgan fingerprint density at radius 2 is 1.24 bits per heavy atom. The topological polar surface area (TPSA) is 87.2 Å². The minimum atomic E-state index is -0.864. The molecule has 0 radical (unpaired) electrons. The molecule has 0 fully saturated rings. The van der Waals surface area contributed by atoms with E-state index >= 15 is 0 Å². The van der Waals surface area contributed by atoms with E-state index in [1.807, 2.05) is 43.3 Å².